The standard InChI is InChI=1S/C18H22ClNO3/c1-3-15(8-5-14-6-9-16(19)10-7-14)17(13-20)18(21)23-12-11-22-4-2/h6-7,9-10H,3-5,8,11-12H2,1-2H3/b17-15-. The van der Waals surface area contributed by atoms with Crippen LogP contribution in [0.4, 0.5) is 0 Å². The molecule has 0 aliphatic carbocycles. The van der Waals surface area contributed by atoms with Crippen LogP contribution in [0.1, 0.15) is 32.3 Å². The molecule has 0 aromatic heterocycles. The molecule has 0 spiro atoms. The van der Waals surface area contributed by atoms with Crippen LogP contribution in [0.2, 0.25) is 5.02 Å². The Morgan fingerprint density at radius 3 is 2.48 bits per heavy atom. The van der Waals surface area contributed by atoms with E-state index in [1.807, 2.05) is 44.2 Å². The summed E-state index contributed by atoms with van der Waals surface area (Å²) in [6, 6.07) is 9.54. The molecule has 0 fully saturated rings. The van der Waals surface area contributed by atoms with Crippen molar-refractivity contribution >= 4 is 17.6 Å². The van der Waals surface area contributed by atoms with Gasteiger partial charge in [-0.2, -0.15) is 5.26 Å². The maximum atomic E-state index is 12.0. The average molecular weight is 336 g/mol. The molecule has 0 unspecified atom stereocenters. The van der Waals surface area contributed by atoms with Gasteiger partial charge in [-0.1, -0.05) is 30.7 Å². The zero-order valence-electron chi connectivity index (χ0n) is 13.6. The fourth-order valence-corrected chi connectivity index (χ4v) is 2.23. The van der Waals surface area contributed by atoms with Crippen LogP contribution in [-0.4, -0.2) is 25.8 Å². The van der Waals surface area contributed by atoms with Crippen LogP contribution >= 0.6 is 11.6 Å². The molecule has 5 heteroatoms. The number of aryl methyl sites for hydroxylation is 1. The van der Waals surface area contributed by atoms with E-state index in [2.05, 4.69) is 0 Å². The lowest BCUT2D eigenvalue weighted by Gasteiger charge is -2.09. The number of allylic oxidation sites excluding steroid dienone is 1. The molecule has 0 aliphatic rings. The number of nitrogens with zero attached hydrogens (tertiary/aromatic N) is 1. The van der Waals surface area contributed by atoms with Gasteiger partial charge in [0.25, 0.3) is 0 Å². The highest BCUT2D eigenvalue weighted by Gasteiger charge is 2.15. The van der Waals surface area contributed by atoms with Gasteiger partial charge in [-0.25, -0.2) is 4.79 Å². The zero-order valence-corrected chi connectivity index (χ0v) is 14.4. The number of esters is 1. The summed E-state index contributed by atoms with van der Waals surface area (Å²) in [5, 5.41) is 9.97. The number of ether oxygens (including phenoxy) is 2. The van der Waals surface area contributed by atoms with E-state index in [-0.39, 0.29) is 12.2 Å². The quantitative estimate of drug-likeness (QED) is 0.295. The second kappa shape index (κ2) is 10.8. The SMILES string of the molecule is CCOCCOC(=O)/C(C#N)=C(/CC)CCc1ccc(Cl)cc1. The van der Waals surface area contributed by atoms with Gasteiger partial charge in [0, 0.05) is 11.6 Å². The lowest BCUT2D eigenvalue weighted by molar-refractivity contribution is -0.140. The number of hydrogen-bond donors (Lipinski definition) is 0. The van der Waals surface area contributed by atoms with Gasteiger partial charge in [0.2, 0.25) is 0 Å². The molecule has 0 aliphatic heterocycles. The molecule has 0 bridgehead atoms. The normalized spacial score (nSPS) is 11.6. The van der Waals surface area contributed by atoms with Crippen molar-refractivity contribution in [2.75, 3.05) is 19.8 Å². The van der Waals surface area contributed by atoms with Crippen molar-refractivity contribution in [3.05, 3.63) is 46.0 Å². The molecule has 0 amide bonds. The molecule has 124 valence electrons. The van der Waals surface area contributed by atoms with Crippen molar-refractivity contribution in [1.29, 1.82) is 5.26 Å². The predicted molar refractivity (Wildman–Crippen MR) is 90.2 cm³/mol. The Hall–Kier alpha value is -1.83. The van der Waals surface area contributed by atoms with E-state index < -0.39 is 5.97 Å². The molecule has 4 nitrogen and oxygen atoms in total. The molecule has 0 N–H and O–H groups in total. The fourth-order valence-electron chi connectivity index (χ4n) is 2.10. The first-order chi connectivity index (χ1) is 11.1. The van der Waals surface area contributed by atoms with Crippen LogP contribution in [0.15, 0.2) is 35.4 Å². The number of hydrogen-bond acceptors (Lipinski definition) is 4. The smallest absolute Gasteiger partial charge is 0.348 e. The molecule has 1 aromatic carbocycles. The summed E-state index contributed by atoms with van der Waals surface area (Å²) in [4.78, 5) is 12.0. The molecule has 0 saturated heterocycles. The van der Waals surface area contributed by atoms with Crippen LogP contribution < -0.4 is 0 Å². The van der Waals surface area contributed by atoms with E-state index >= 15 is 0 Å². The third kappa shape index (κ3) is 6.85. The van der Waals surface area contributed by atoms with E-state index in [0.29, 0.717) is 31.1 Å². The van der Waals surface area contributed by atoms with E-state index in [4.69, 9.17) is 21.1 Å². The van der Waals surface area contributed by atoms with Gasteiger partial charge in [0.15, 0.2) is 0 Å². The maximum absolute atomic E-state index is 12.0. The Kier molecular flexibility index (Phi) is 9.04. The number of halogens is 1. The van der Waals surface area contributed by atoms with Crippen LogP contribution in [0.25, 0.3) is 0 Å². The Labute approximate surface area is 142 Å². The van der Waals surface area contributed by atoms with Crippen molar-refractivity contribution in [3.8, 4) is 6.07 Å². The van der Waals surface area contributed by atoms with Crippen LogP contribution in [0.3, 0.4) is 0 Å². The van der Waals surface area contributed by atoms with Crippen molar-refractivity contribution in [3.63, 3.8) is 0 Å². The first-order valence-corrected chi connectivity index (χ1v) is 8.11. The lowest BCUT2D eigenvalue weighted by atomic mass is 9.98. The van der Waals surface area contributed by atoms with Crippen LogP contribution in [0, 0.1) is 11.3 Å². The van der Waals surface area contributed by atoms with Crippen molar-refractivity contribution < 1.29 is 14.3 Å². The molecular weight excluding hydrogens is 314 g/mol. The molecule has 0 radical (unpaired) electrons. The van der Waals surface area contributed by atoms with Gasteiger partial charge in [0.05, 0.1) is 6.61 Å². The topological polar surface area (TPSA) is 59.3 Å². The highest BCUT2D eigenvalue weighted by molar-refractivity contribution is 6.30. The van der Waals surface area contributed by atoms with E-state index in [9.17, 15) is 10.1 Å². The predicted octanol–water partition coefficient (Wildman–Crippen LogP) is 4.08. The number of carbonyl (C=O) groups is 1. The van der Waals surface area contributed by atoms with Crippen LogP contribution in [-0.2, 0) is 20.7 Å². The zero-order chi connectivity index (χ0) is 17.1. The minimum Gasteiger partial charge on any atom is -0.459 e. The number of carbonyl (C=O) groups excluding carboxylic acids is 1. The van der Waals surface area contributed by atoms with Gasteiger partial charge in [-0.15, -0.1) is 0 Å². The van der Waals surface area contributed by atoms with Gasteiger partial charge in [0.1, 0.15) is 18.2 Å². The first kappa shape index (κ1) is 19.2. The minimum atomic E-state index is -0.569. The Balaban J connectivity index is 2.68. The maximum Gasteiger partial charge on any atom is 0.348 e. The first-order valence-electron chi connectivity index (χ1n) is 7.73. The molecule has 0 saturated carbocycles. The number of benzene rings is 1. The third-order valence-electron chi connectivity index (χ3n) is 3.39. The number of rotatable bonds is 9. The summed E-state index contributed by atoms with van der Waals surface area (Å²) in [7, 11) is 0. The van der Waals surface area contributed by atoms with E-state index in [1.165, 1.54) is 0 Å². The Morgan fingerprint density at radius 1 is 1.22 bits per heavy atom. The summed E-state index contributed by atoms with van der Waals surface area (Å²) in [5.41, 5.74) is 2.03. The van der Waals surface area contributed by atoms with E-state index in [1.54, 1.807) is 0 Å². The van der Waals surface area contributed by atoms with Crippen molar-refractivity contribution in [1.82, 2.24) is 0 Å². The van der Waals surface area contributed by atoms with Crippen LogP contribution in [0.5, 0.6) is 0 Å². The molecule has 0 heterocycles. The van der Waals surface area contributed by atoms with Crippen molar-refractivity contribution in [2.45, 2.75) is 33.1 Å². The largest absolute Gasteiger partial charge is 0.459 e. The summed E-state index contributed by atoms with van der Waals surface area (Å²) >= 11 is 5.86. The van der Waals surface area contributed by atoms with Gasteiger partial charge in [-0.3, -0.25) is 0 Å². The molecule has 0 atom stereocenters. The summed E-state index contributed by atoms with van der Waals surface area (Å²) in [6.45, 7) is 4.87. The molecule has 1 aromatic rings. The summed E-state index contributed by atoms with van der Waals surface area (Å²) < 4.78 is 10.2. The molecule has 23 heavy (non-hydrogen) atoms. The van der Waals surface area contributed by atoms with Gasteiger partial charge in [-0.05, 0) is 49.5 Å². The Bertz CT molecular complexity index is 573. The average Bonchev–Trinajstić information content (AvgIpc) is 2.56. The highest BCUT2D eigenvalue weighted by Crippen LogP contribution is 2.18. The second-order valence-electron chi connectivity index (χ2n) is 4.90. The Morgan fingerprint density at radius 2 is 1.91 bits per heavy atom. The van der Waals surface area contributed by atoms with Gasteiger partial charge >= 0.3 is 5.97 Å². The molecule has 1 rings (SSSR count). The monoisotopic (exact) mass is 335 g/mol. The van der Waals surface area contributed by atoms with Gasteiger partial charge < -0.3 is 9.47 Å². The number of nitriles is 1. The highest BCUT2D eigenvalue weighted by atomic mass is 35.5. The summed E-state index contributed by atoms with van der Waals surface area (Å²) in [6.07, 6.45) is 2.02. The minimum absolute atomic E-state index is 0.109. The lowest BCUT2D eigenvalue weighted by Crippen LogP contribution is -2.13. The fraction of sp³-hybridized carbons (Fsp3) is 0.444. The molecular formula is C18H22ClNO3. The summed E-state index contributed by atoms with van der Waals surface area (Å²) in [5.74, 6) is -0.569. The second-order valence-corrected chi connectivity index (χ2v) is 5.34. The third-order valence-corrected chi connectivity index (χ3v) is 3.64. The van der Waals surface area contributed by atoms with E-state index in [0.717, 1.165) is 17.6 Å². The van der Waals surface area contributed by atoms with Crippen molar-refractivity contribution in [2.24, 2.45) is 0 Å².